The molecule has 1 aromatic rings. The van der Waals surface area contributed by atoms with Gasteiger partial charge in [-0.1, -0.05) is 50.6 Å². The van der Waals surface area contributed by atoms with Crippen molar-refractivity contribution in [1.29, 1.82) is 0 Å². The summed E-state index contributed by atoms with van der Waals surface area (Å²) in [4.78, 5) is 0. The lowest BCUT2D eigenvalue weighted by Gasteiger charge is -2.20. The molecule has 0 radical (unpaired) electrons. The maximum atomic E-state index is 9.95. The predicted octanol–water partition coefficient (Wildman–Crippen LogP) is 3.01. The Morgan fingerprint density at radius 1 is 1.31 bits per heavy atom. The van der Waals surface area contributed by atoms with Crippen LogP contribution in [0.5, 0.6) is 0 Å². The van der Waals surface area contributed by atoms with Gasteiger partial charge in [0, 0.05) is 23.7 Å². The van der Waals surface area contributed by atoms with Crippen LogP contribution >= 0.6 is 11.6 Å². The minimum atomic E-state index is -0.545. The Kier molecular flexibility index (Phi) is 4.78. The Morgan fingerprint density at radius 3 is 2.50 bits per heavy atom. The Balaban J connectivity index is 2.47. The van der Waals surface area contributed by atoms with Crippen molar-refractivity contribution in [2.45, 2.75) is 26.9 Å². The van der Waals surface area contributed by atoms with E-state index in [0.717, 1.165) is 12.1 Å². The molecule has 0 aliphatic carbocycles. The van der Waals surface area contributed by atoms with Crippen LogP contribution in [0.1, 0.15) is 32.4 Å². The van der Waals surface area contributed by atoms with Crippen molar-refractivity contribution < 1.29 is 5.11 Å². The van der Waals surface area contributed by atoms with Gasteiger partial charge < -0.3 is 10.4 Å². The second kappa shape index (κ2) is 5.67. The molecule has 3 heteroatoms. The first-order valence-electron chi connectivity index (χ1n) is 5.53. The Morgan fingerprint density at radius 2 is 1.94 bits per heavy atom. The van der Waals surface area contributed by atoms with Gasteiger partial charge in [0.25, 0.3) is 0 Å². The molecule has 0 heterocycles. The zero-order chi connectivity index (χ0) is 12.2. The lowest BCUT2D eigenvalue weighted by molar-refractivity contribution is 0.170. The summed E-state index contributed by atoms with van der Waals surface area (Å²) in [6, 6.07) is 7.39. The second-order valence-electron chi connectivity index (χ2n) is 5.23. The van der Waals surface area contributed by atoms with Crippen molar-refractivity contribution in [3.8, 4) is 0 Å². The molecular weight excluding hydrogens is 222 g/mol. The van der Waals surface area contributed by atoms with E-state index in [9.17, 15) is 5.11 Å². The predicted molar refractivity (Wildman–Crippen MR) is 68.7 cm³/mol. The molecule has 2 N–H and O–H groups in total. The van der Waals surface area contributed by atoms with E-state index in [-0.39, 0.29) is 5.41 Å². The van der Waals surface area contributed by atoms with E-state index < -0.39 is 6.10 Å². The van der Waals surface area contributed by atoms with Gasteiger partial charge in [0.1, 0.15) is 0 Å². The maximum Gasteiger partial charge on any atom is 0.0928 e. The molecular formula is C13H20ClNO. The summed E-state index contributed by atoms with van der Waals surface area (Å²) in [5.41, 5.74) is 1.01. The van der Waals surface area contributed by atoms with Gasteiger partial charge in [-0.2, -0.15) is 0 Å². The van der Waals surface area contributed by atoms with Crippen LogP contribution < -0.4 is 5.32 Å². The molecule has 0 spiro atoms. The fourth-order valence-corrected chi connectivity index (χ4v) is 1.70. The molecule has 1 atom stereocenters. The summed E-state index contributed by atoms with van der Waals surface area (Å²) in [6.07, 6.45) is -0.545. The zero-order valence-corrected chi connectivity index (χ0v) is 10.9. The third-order valence-corrected chi connectivity index (χ3v) is 2.60. The van der Waals surface area contributed by atoms with Crippen LogP contribution in [-0.2, 0) is 0 Å². The van der Waals surface area contributed by atoms with Crippen LogP contribution in [0.25, 0.3) is 0 Å². The van der Waals surface area contributed by atoms with Gasteiger partial charge in [0.05, 0.1) is 6.10 Å². The van der Waals surface area contributed by atoms with E-state index in [1.807, 2.05) is 18.2 Å². The van der Waals surface area contributed by atoms with Crippen molar-refractivity contribution in [1.82, 2.24) is 5.32 Å². The molecule has 90 valence electrons. The highest BCUT2D eigenvalue weighted by molar-refractivity contribution is 6.31. The van der Waals surface area contributed by atoms with Gasteiger partial charge >= 0.3 is 0 Å². The molecule has 0 fully saturated rings. The number of rotatable bonds is 4. The van der Waals surface area contributed by atoms with E-state index in [1.54, 1.807) is 6.07 Å². The fraction of sp³-hybridized carbons (Fsp3) is 0.538. The third kappa shape index (κ3) is 4.52. The summed E-state index contributed by atoms with van der Waals surface area (Å²) in [5.74, 6) is 0. The highest BCUT2D eigenvalue weighted by Gasteiger charge is 2.13. The van der Waals surface area contributed by atoms with Crippen molar-refractivity contribution in [3.05, 3.63) is 34.9 Å². The topological polar surface area (TPSA) is 32.3 Å². The molecule has 0 aliphatic rings. The van der Waals surface area contributed by atoms with Crippen LogP contribution in [0, 0.1) is 5.41 Å². The van der Waals surface area contributed by atoms with Crippen LogP contribution in [0.15, 0.2) is 24.3 Å². The molecule has 0 bridgehead atoms. The standard InChI is InChI=1S/C13H20ClNO/c1-13(2,3)9-15-8-12(16)10-6-4-5-7-11(10)14/h4-7,12,15-16H,8-9H2,1-3H3. The minimum Gasteiger partial charge on any atom is -0.387 e. The number of halogens is 1. The summed E-state index contributed by atoms with van der Waals surface area (Å²) in [5, 5.41) is 13.8. The number of aliphatic hydroxyl groups is 1. The van der Waals surface area contributed by atoms with Crippen LogP contribution in [0.2, 0.25) is 5.02 Å². The van der Waals surface area contributed by atoms with E-state index in [4.69, 9.17) is 11.6 Å². The first kappa shape index (κ1) is 13.5. The second-order valence-corrected chi connectivity index (χ2v) is 5.64. The summed E-state index contributed by atoms with van der Waals surface area (Å²) in [7, 11) is 0. The van der Waals surface area contributed by atoms with E-state index >= 15 is 0 Å². The van der Waals surface area contributed by atoms with Crippen LogP contribution in [-0.4, -0.2) is 18.2 Å². The van der Waals surface area contributed by atoms with Crippen molar-refractivity contribution in [2.24, 2.45) is 5.41 Å². The minimum absolute atomic E-state index is 0.222. The monoisotopic (exact) mass is 241 g/mol. The van der Waals surface area contributed by atoms with E-state index in [0.29, 0.717) is 11.6 Å². The normalized spacial score (nSPS) is 13.8. The number of benzene rings is 1. The first-order valence-corrected chi connectivity index (χ1v) is 5.91. The number of nitrogens with one attached hydrogen (secondary N) is 1. The Hall–Kier alpha value is -0.570. The molecule has 0 aliphatic heterocycles. The molecule has 1 unspecified atom stereocenters. The fourth-order valence-electron chi connectivity index (χ4n) is 1.44. The quantitative estimate of drug-likeness (QED) is 0.850. The number of aliphatic hydroxyl groups excluding tert-OH is 1. The summed E-state index contributed by atoms with van der Waals surface area (Å²) >= 11 is 6.00. The SMILES string of the molecule is CC(C)(C)CNCC(O)c1ccccc1Cl. The smallest absolute Gasteiger partial charge is 0.0928 e. The Bertz CT molecular complexity index is 333. The molecule has 16 heavy (non-hydrogen) atoms. The van der Waals surface area contributed by atoms with Crippen LogP contribution in [0.4, 0.5) is 0 Å². The third-order valence-electron chi connectivity index (χ3n) is 2.26. The van der Waals surface area contributed by atoms with Gasteiger partial charge in [-0.3, -0.25) is 0 Å². The van der Waals surface area contributed by atoms with Gasteiger partial charge in [0.15, 0.2) is 0 Å². The molecule has 0 amide bonds. The average Bonchev–Trinajstić information content (AvgIpc) is 2.16. The summed E-state index contributed by atoms with van der Waals surface area (Å²) < 4.78 is 0. The van der Waals surface area contributed by atoms with E-state index in [1.165, 1.54) is 0 Å². The summed E-state index contributed by atoms with van der Waals surface area (Å²) in [6.45, 7) is 7.86. The number of hydrogen-bond acceptors (Lipinski definition) is 2. The van der Waals surface area contributed by atoms with Crippen molar-refractivity contribution >= 4 is 11.6 Å². The molecule has 0 aromatic heterocycles. The van der Waals surface area contributed by atoms with Gasteiger partial charge in [-0.05, 0) is 11.5 Å². The van der Waals surface area contributed by atoms with Gasteiger partial charge in [-0.25, -0.2) is 0 Å². The lowest BCUT2D eigenvalue weighted by Crippen LogP contribution is -2.30. The van der Waals surface area contributed by atoms with Gasteiger partial charge in [-0.15, -0.1) is 0 Å². The van der Waals surface area contributed by atoms with Crippen LogP contribution in [0.3, 0.4) is 0 Å². The number of hydrogen-bond donors (Lipinski definition) is 2. The molecule has 0 saturated carbocycles. The Labute approximate surface area is 103 Å². The average molecular weight is 242 g/mol. The first-order chi connectivity index (χ1) is 7.40. The zero-order valence-electron chi connectivity index (χ0n) is 10.1. The van der Waals surface area contributed by atoms with Gasteiger partial charge in [0.2, 0.25) is 0 Å². The van der Waals surface area contributed by atoms with Crippen molar-refractivity contribution in [2.75, 3.05) is 13.1 Å². The molecule has 1 rings (SSSR count). The molecule has 0 saturated heterocycles. The van der Waals surface area contributed by atoms with E-state index in [2.05, 4.69) is 26.1 Å². The highest BCUT2D eigenvalue weighted by Crippen LogP contribution is 2.22. The van der Waals surface area contributed by atoms with Crippen molar-refractivity contribution in [3.63, 3.8) is 0 Å². The molecule has 1 aromatic carbocycles. The largest absolute Gasteiger partial charge is 0.387 e. The maximum absolute atomic E-state index is 9.95. The molecule has 2 nitrogen and oxygen atoms in total. The highest BCUT2D eigenvalue weighted by atomic mass is 35.5. The lowest BCUT2D eigenvalue weighted by atomic mass is 9.97.